The van der Waals surface area contributed by atoms with Gasteiger partial charge < -0.3 is 23.9 Å². The van der Waals surface area contributed by atoms with Crippen LogP contribution in [-0.2, 0) is 11.2 Å². The predicted molar refractivity (Wildman–Crippen MR) is 123 cm³/mol. The van der Waals surface area contributed by atoms with E-state index < -0.39 is 28.4 Å². The number of nitrogens with zero attached hydrogens (tertiary/aromatic N) is 2. The number of para-hydroxylation sites is 1. The van der Waals surface area contributed by atoms with E-state index in [9.17, 15) is 24.8 Å². The summed E-state index contributed by atoms with van der Waals surface area (Å²) in [4.78, 5) is 38.8. The number of furan rings is 1. The van der Waals surface area contributed by atoms with Gasteiger partial charge in [0.05, 0.1) is 42.6 Å². The number of ketones is 1. The quantitative estimate of drug-likeness (QED) is 0.277. The number of nitro groups is 1. The molecule has 0 radical (unpaired) electrons. The molecule has 0 saturated heterocycles. The van der Waals surface area contributed by atoms with Gasteiger partial charge in [0.25, 0.3) is 11.6 Å². The summed E-state index contributed by atoms with van der Waals surface area (Å²) in [6, 6.07) is 12.8. The highest BCUT2D eigenvalue weighted by molar-refractivity contribution is 6.15. The molecule has 2 heterocycles. The van der Waals surface area contributed by atoms with Gasteiger partial charge in [-0.05, 0) is 42.3 Å². The van der Waals surface area contributed by atoms with E-state index >= 15 is 0 Å². The Morgan fingerprint density at radius 2 is 1.86 bits per heavy atom. The first-order valence-electron chi connectivity index (χ1n) is 10.6. The molecule has 2 aromatic carbocycles. The van der Waals surface area contributed by atoms with Gasteiger partial charge in [-0.2, -0.15) is 0 Å². The van der Waals surface area contributed by atoms with Crippen molar-refractivity contribution >= 4 is 17.4 Å². The molecular formula is C25H22N2O8. The number of methoxy groups -OCH3 is 2. The summed E-state index contributed by atoms with van der Waals surface area (Å²) in [5.41, 5.74) is 0.353. The Morgan fingerprint density at radius 3 is 2.51 bits per heavy atom. The summed E-state index contributed by atoms with van der Waals surface area (Å²) in [6.45, 7) is 0.0596. The molecule has 3 aromatic rings. The van der Waals surface area contributed by atoms with E-state index in [2.05, 4.69) is 0 Å². The lowest BCUT2D eigenvalue weighted by atomic mass is 9.93. The molecule has 1 amide bonds. The van der Waals surface area contributed by atoms with Crippen LogP contribution in [0.4, 0.5) is 5.69 Å². The summed E-state index contributed by atoms with van der Waals surface area (Å²) < 4.78 is 15.8. The average molecular weight is 478 g/mol. The van der Waals surface area contributed by atoms with Crippen molar-refractivity contribution < 1.29 is 33.5 Å². The largest absolute Gasteiger partial charge is 0.503 e. The molecule has 0 fully saturated rings. The van der Waals surface area contributed by atoms with Crippen molar-refractivity contribution in [3.05, 3.63) is 99.2 Å². The van der Waals surface area contributed by atoms with Crippen molar-refractivity contribution in [1.29, 1.82) is 0 Å². The molecule has 35 heavy (non-hydrogen) atoms. The molecule has 0 bridgehead atoms. The van der Waals surface area contributed by atoms with Crippen molar-refractivity contribution in [2.75, 3.05) is 20.8 Å². The summed E-state index contributed by atoms with van der Waals surface area (Å²) in [6.07, 6.45) is 1.61. The minimum Gasteiger partial charge on any atom is -0.503 e. The van der Waals surface area contributed by atoms with Crippen LogP contribution in [0.1, 0.15) is 27.7 Å². The van der Waals surface area contributed by atoms with Crippen LogP contribution in [0.2, 0.25) is 0 Å². The van der Waals surface area contributed by atoms with E-state index in [1.807, 2.05) is 0 Å². The number of rotatable bonds is 9. The number of carbonyl (C=O) groups excluding carboxylic acids is 2. The fourth-order valence-corrected chi connectivity index (χ4v) is 4.15. The SMILES string of the molecule is COc1ccc(CCN2C(=O)C(O)=C(C(=O)c3ccco3)[C@H]2c2ccccc2[N+](=O)[O-])cc1OC. The summed E-state index contributed by atoms with van der Waals surface area (Å²) in [5, 5.41) is 22.5. The van der Waals surface area contributed by atoms with Crippen molar-refractivity contribution in [1.82, 2.24) is 4.90 Å². The summed E-state index contributed by atoms with van der Waals surface area (Å²) >= 11 is 0. The molecule has 1 aliphatic rings. The third-order valence-electron chi connectivity index (χ3n) is 5.81. The zero-order valence-electron chi connectivity index (χ0n) is 19.0. The highest BCUT2D eigenvalue weighted by atomic mass is 16.6. The molecule has 10 heteroatoms. The van der Waals surface area contributed by atoms with Crippen molar-refractivity contribution in [3.63, 3.8) is 0 Å². The molecule has 0 saturated carbocycles. The molecule has 1 N–H and O–H groups in total. The van der Waals surface area contributed by atoms with E-state index in [-0.39, 0.29) is 29.1 Å². The smallest absolute Gasteiger partial charge is 0.290 e. The molecule has 1 aliphatic heterocycles. The Kier molecular flexibility index (Phi) is 6.54. The maximum Gasteiger partial charge on any atom is 0.290 e. The molecule has 0 aliphatic carbocycles. The lowest BCUT2D eigenvalue weighted by molar-refractivity contribution is -0.385. The first kappa shape index (κ1) is 23.6. The van der Waals surface area contributed by atoms with Crippen LogP contribution >= 0.6 is 0 Å². The summed E-state index contributed by atoms with van der Waals surface area (Å²) in [5.74, 6) is -1.34. The Bertz CT molecular complexity index is 1310. The number of carbonyl (C=O) groups is 2. The minimum atomic E-state index is -1.18. The lowest BCUT2D eigenvalue weighted by Gasteiger charge is -2.26. The first-order chi connectivity index (χ1) is 16.9. The third-order valence-corrected chi connectivity index (χ3v) is 5.81. The number of Topliss-reactive ketones (excluding diaryl/α,β-unsaturated/α-hetero) is 1. The monoisotopic (exact) mass is 478 g/mol. The molecule has 0 unspecified atom stereocenters. The van der Waals surface area contributed by atoms with Gasteiger partial charge in [-0.25, -0.2) is 0 Å². The molecule has 180 valence electrons. The Morgan fingerprint density at radius 1 is 1.11 bits per heavy atom. The second kappa shape index (κ2) is 9.72. The highest BCUT2D eigenvalue weighted by Crippen LogP contribution is 2.42. The van der Waals surface area contributed by atoms with Crippen LogP contribution in [-0.4, -0.2) is 47.4 Å². The second-order valence-electron chi connectivity index (χ2n) is 7.73. The van der Waals surface area contributed by atoms with Gasteiger partial charge in [0, 0.05) is 12.6 Å². The predicted octanol–water partition coefficient (Wildman–Crippen LogP) is 4.03. The third kappa shape index (κ3) is 4.33. The Labute approximate surface area is 200 Å². The van der Waals surface area contributed by atoms with Gasteiger partial charge >= 0.3 is 0 Å². The molecule has 4 rings (SSSR count). The van der Waals surface area contributed by atoms with E-state index in [0.717, 1.165) is 5.56 Å². The number of aliphatic hydroxyl groups is 1. The van der Waals surface area contributed by atoms with Gasteiger partial charge in [-0.3, -0.25) is 19.7 Å². The van der Waals surface area contributed by atoms with Crippen molar-refractivity contribution in [2.24, 2.45) is 0 Å². The highest BCUT2D eigenvalue weighted by Gasteiger charge is 2.46. The standard InChI is InChI=1S/C25H22N2O8/c1-33-18-10-9-15(14-20(18)34-2)11-12-26-22(16-6-3-4-7-17(16)27(31)32)21(24(29)25(26)30)23(28)19-8-5-13-35-19/h3-10,13-14,22,29H,11-12H2,1-2H3/t22-/m1/s1. The van der Waals surface area contributed by atoms with E-state index in [1.165, 1.54) is 55.7 Å². The molecule has 10 nitrogen and oxygen atoms in total. The normalized spacial score (nSPS) is 15.4. The zero-order chi connectivity index (χ0) is 25.1. The van der Waals surface area contributed by atoms with Gasteiger partial charge in [-0.15, -0.1) is 0 Å². The van der Waals surface area contributed by atoms with Gasteiger partial charge in [-0.1, -0.05) is 18.2 Å². The second-order valence-corrected chi connectivity index (χ2v) is 7.73. The van der Waals surface area contributed by atoms with Crippen molar-refractivity contribution in [3.8, 4) is 11.5 Å². The van der Waals surface area contributed by atoms with Gasteiger partial charge in [0.15, 0.2) is 23.0 Å². The number of amides is 1. The number of hydrogen-bond acceptors (Lipinski definition) is 8. The number of ether oxygens (including phenoxy) is 2. The van der Waals surface area contributed by atoms with E-state index in [4.69, 9.17) is 13.9 Å². The maximum atomic E-state index is 13.2. The lowest BCUT2D eigenvalue weighted by Crippen LogP contribution is -2.33. The minimum absolute atomic E-state index is 0.0596. The van der Waals surface area contributed by atoms with E-state index in [0.29, 0.717) is 17.9 Å². The van der Waals surface area contributed by atoms with Gasteiger partial charge in [0.2, 0.25) is 5.78 Å². The fourth-order valence-electron chi connectivity index (χ4n) is 4.15. The maximum absolute atomic E-state index is 13.2. The first-order valence-corrected chi connectivity index (χ1v) is 10.6. The molecule has 0 spiro atoms. The average Bonchev–Trinajstić information content (AvgIpc) is 3.49. The number of benzene rings is 2. The number of aliphatic hydroxyl groups excluding tert-OH is 1. The molecule has 1 atom stereocenters. The van der Waals surface area contributed by atoms with Crippen LogP contribution in [0.15, 0.2) is 76.6 Å². The van der Waals surface area contributed by atoms with Crippen LogP contribution in [0.5, 0.6) is 11.5 Å². The fraction of sp³-hybridized carbons (Fsp3) is 0.200. The van der Waals surface area contributed by atoms with Crippen LogP contribution in [0.25, 0.3) is 0 Å². The van der Waals surface area contributed by atoms with Crippen LogP contribution < -0.4 is 9.47 Å². The Hall–Kier alpha value is -4.60. The van der Waals surface area contributed by atoms with Crippen LogP contribution in [0.3, 0.4) is 0 Å². The van der Waals surface area contributed by atoms with Crippen LogP contribution in [0, 0.1) is 10.1 Å². The van der Waals surface area contributed by atoms with Gasteiger partial charge in [0.1, 0.15) is 0 Å². The zero-order valence-corrected chi connectivity index (χ0v) is 19.0. The topological polar surface area (TPSA) is 132 Å². The van der Waals surface area contributed by atoms with Crippen molar-refractivity contribution in [2.45, 2.75) is 12.5 Å². The van der Waals surface area contributed by atoms with E-state index in [1.54, 1.807) is 24.3 Å². The number of nitro benzene ring substituents is 1. The number of hydrogen-bond donors (Lipinski definition) is 1. The molecular weight excluding hydrogens is 456 g/mol. The Balaban J connectivity index is 1.74. The summed E-state index contributed by atoms with van der Waals surface area (Å²) in [7, 11) is 3.02. The molecule has 1 aromatic heterocycles.